The molecule has 0 radical (unpaired) electrons. The summed E-state index contributed by atoms with van der Waals surface area (Å²) in [6, 6.07) is 0. The van der Waals surface area contributed by atoms with Gasteiger partial charge in [-0.15, -0.1) is 0 Å². The number of allylic oxidation sites excluding steroid dienone is 2. The first-order chi connectivity index (χ1) is 6.24. The lowest BCUT2D eigenvalue weighted by atomic mass is 9.98. The van der Waals surface area contributed by atoms with Gasteiger partial charge in [0.2, 0.25) is 0 Å². The van der Waals surface area contributed by atoms with Gasteiger partial charge in [0.25, 0.3) is 0 Å². The van der Waals surface area contributed by atoms with Crippen LogP contribution in [0.5, 0.6) is 0 Å². The summed E-state index contributed by atoms with van der Waals surface area (Å²) in [6.07, 6.45) is 5.01. The van der Waals surface area contributed by atoms with Gasteiger partial charge in [0.1, 0.15) is 0 Å². The summed E-state index contributed by atoms with van der Waals surface area (Å²) in [5.74, 6) is -0.340. The van der Waals surface area contributed by atoms with Crippen LogP contribution in [-0.4, -0.2) is 24.8 Å². The summed E-state index contributed by atoms with van der Waals surface area (Å²) in [6.45, 7) is 0.452. The largest absolute Gasteiger partial charge is 0.478 e. The maximum absolute atomic E-state index is 10.9. The highest BCUT2D eigenvalue weighted by Gasteiger charge is 2.38. The van der Waals surface area contributed by atoms with E-state index in [0.717, 1.165) is 12.0 Å². The molecule has 2 aliphatic carbocycles. The molecule has 0 fully saturated rings. The van der Waals surface area contributed by atoms with Gasteiger partial charge in [0.05, 0.1) is 6.61 Å². The van der Waals surface area contributed by atoms with E-state index in [1.165, 1.54) is 0 Å². The topological polar surface area (TPSA) is 46.5 Å². The summed E-state index contributed by atoms with van der Waals surface area (Å²) in [5.41, 5.74) is 1.52. The SMILES string of the molecule is COCC1=C(C(=O)O)C2C=CC1C2. The maximum Gasteiger partial charge on any atom is 0.332 e. The molecule has 0 spiro atoms. The molecule has 3 nitrogen and oxygen atoms in total. The fraction of sp³-hybridized carbons (Fsp3) is 0.500. The van der Waals surface area contributed by atoms with E-state index in [1.807, 2.05) is 6.08 Å². The minimum atomic E-state index is -0.788. The molecule has 0 aromatic heterocycles. The van der Waals surface area contributed by atoms with Crippen molar-refractivity contribution in [2.75, 3.05) is 13.7 Å². The van der Waals surface area contributed by atoms with Crippen LogP contribution in [0.1, 0.15) is 6.42 Å². The zero-order chi connectivity index (χ0) is 9.42. The third-order valence-electron chi connectivity index (χ3n) is 2.78. The molecular weight excluding hydrogens is 168 g/mol. The first kappa shape index (κ1) is 8.51. The number of rotatable bonds is 3. The highest BCUT2D eigenvalue weighted by atomic mass is 16.5. The van der Waals surface area contributed by atoms with E-state index < -0.39 is 5.97 Å². The van der Waals surface area contributed by atoms with Gasteiger partial charge in [-0.25, -0.2) is 4.79 Å². The van der Waals surface area contributed by atoms with Crippen molar-refractivity contribution in [1.82, 2.24) is 0 Å². The Morgan fingerprint density at radius 1 is 1.62 bits per heavy atom. The molecule has 2 atom stereocenters. The third-order valence-corrected chi connectivity index (χ3v) is 2.78. The Morgan fingerprint density at radius 3 is 2.92 bits per heavy atom. The smallest absolute Gasteiger partial charge is 0.332 e. The summed E-state index contributed by atoms with van der Waals surface area (Å²) in [4.78, 5) is 10.9. The molecule has 0 amide bonds. The quantitative estimate of drug-likeness (QED) is 0.664. The molecule has 1 N–H and O–H groups in total. The molecule has 13 heavy (non-hydrogen) atoms. The average molecular weight is 180 g/mol. The monoisotopic (exact) mass is 180 g/mol. The van der Waals surface area contributed by atoms with Crippen molar-refractivity contribution < 1.29 is 14.6 Å². The van der Waals surface area contributed by atoms with Gasteiger partial charge < -0.3 is 9.84 Å². The van der Waals surface area contributed by atoms with Crippen LogP contribution in [0.25, 0.3) is 0 Å². The number of carbonyl (C=O) groups is 1. The van der Waals surface area contributed by atoms with E-state index in [1.54, 1.807) is 7.11 Å². The summed E-state index contributed by atoms with van der Waals surface area (Å²) < 4.78 is 5.00. The molecule has 2 bridgehead atoms. The van der Waals surface area contributed by atoms with Gasteiger partial charge in [-0.2, -0.15) is 0 Å². The minimum Gasteiger partial charge on any atom is -0.478 e. The van der Waals surface area contributed by atoms with Crippen LogP contribution in [0, 0.1) is 11.8 Å². The highest BCUT2D eigenvalue weighted by molar-refractivity contribution is 5.90. The zero-order valence-electron chi connectivity index (χ0n) is 7.49. The number of ether oxygens (including phenoxy) is 1. The molecule has 0 saturated carbocycles. The van der Waals surface area contributed by atoms with E-state index in [0.29, 0.717) is 18.1 Å². The molecule has 0 heterocycles. The highest BCUT2D eigenvalue weighted by Crippen LogP contribution is 2.43. The lowest BCUT2D eigenvalue weighted by Gasteiger charge is -2.11. The minimum absolute atomic E-state index is 0.132. The van der Waals surface area contributed by atoms with Gasteiger partial charge in [0.15, 0.2) is 0 Å². The zero-order valence-corrected chi connectivity index (χ0v) is 7.49. The van der Waals surface area contributed by atoms with Gasteiger partial charge in [0, 0.05) is 24.5 Å². The van der Waals surface area contributed by atoms with E-state index >= 15 is 0 Å². The summed E-state index contributed by atoms with van der Waals surface area (Å²) in [5, 5.41) is 8.99. The van der Waals surface area contributed by atoms with Crippen LogP contribution in [0.15, 0.2) is 23.3 Å². The first-order valence-electron chi connectivity index (χ1n) is 4.37. The van der Waals surface area contributed by atoms with Gasteiger partial charge in [-0.1, -0.05) is 12.2 Å². The number of aliphatic carboxylic acids is 1. The van der Waals surface area contributed by atoms with Crippen molar-refractivity contribution in [3.8, 4) is 0 Å². The Balaban J connectivity index is 2.31. The predicted molar refractivity (Wildman–Crippen MR) is 47.3 cm³/mol. The fourth-order valence-corrected chi connectivity index (χ4v) is 2.25. The molecule has 2 unspecified atom stereocenters. The van der Waals surface area contributed by atoms with Gasteiger partial charge in [-0.3, -0.25) is 0 Å². The Kier molecular flexibility index (Phi) is 1.96. The predicted octanol–water partition coefficient (Wildman–Crippen LogP) is 1.22. The molecule has 70 valence electrons. The maximum atomic E-state index is 10.9. The molecule has 2 aliphatic rings. The van der Waals surface area contributed by atoms with E-state index in [9.17, 15) is 4.79 Å². The molecule has 2 rings (SSSR count). The lowest BCUT2D eigenvalue weighted by molar-refractivity contribution is -0.133. The Labute approximate surface area is 76.7 Å². The fourth-order valence-electron chi connectivity index (χ4n) is 2.25. The number of carboxylic acid groups (broad SMARTS) is 1. The Bertz CT molecular complexity index is 301. The van der Waals surface area contributed by atoms with E-state index in [2.05, 4.69) is 6.08 Å². The second kappa shape index (κ2) is 3.00. The molecule has 3 heteroatoms. The van der Waals surface area contributed by atoms with Crippen LogP contribution in [0.3, 0.4) is 0 Å². The van der Waals surface area contributed by atoms with Crippen LogP contribution in [-0.2, 0) is 9.53 Å². The van der Waals surface area contributed by atoms with Crippen LogP contribution >= 0.6 is 0 Å². The van der Waals surface area contributed by atoms with Crippen molar-refractivity contribution >= 4 is 5.97 Å². The number of hydrogen-bond donors (Lipinski definition) is 1. The number of methoxy groups -OCH3 is 1. The first-order valence-corrected chi connectivity index (χ1v) is 4.37. The number of hydrogen-bond acceptors (Lipinski definition) is 2. The van der Waals surface area contributed by atoms with E-state index in [-0.39, 0.29) is 5.92 Å². The summed E-state index contributed by atoms with van der Waals surface area (Å²) >= 11 is 0. The van der Waals surface area contributed by atoms with E-state index in [4.69, 9.17) is 9.84 Å². The summed E-state index contributed by atoms with van der Waals surface area (Å²) in [7, 11) is 1.60. The number of carboxylic acids is 1. The average Bonchev–Trinajstić information content (AvgIpc) is 2.63. The standard InChI is InChI=1S/C10H12O3/c1-13-5-8-6-2-3-7(4-6)9(8)10(11)12/h2-3,6-7H,4-5H2,1H3,(H,11,12). The third kappa shape index (κ3) is 1.20. The molecule has 0 aliphatic heterocycles. The molecule has 0 saturated heterocycles. The van der Waals surface area contributed by atoms with Crippen LogP contribution < -0.4 is 0 Å². The van der Waals surface area contributed by atoms with Crippen molar-refractivity contribution in [1.29, 1.82) is 0 Å². The van der Waals surface area contributed by atoms with Crippen molar-refractivity contribution in [3.63, 3.8) is 0 Å². The Hall–Kier alpha value is -1.09. The van der Waals surface area contributed by atoms with Crippen LogP contribution in [0.4, 0.5) is 0 Å². The lowest BCUT2D eigenvalue weighted by Crippen LogP contribution is -2.12. The van der Waals surface area contributed by atoms with Crippen LogP contribution in [0.2, 0.25) is 0 Å². The van der Waals surface area contributed by atoms with Gasteiger partial charge >= 0.3 is 5.97 Å². The molecular formula is C10H12O3. The molecule has 0 aromatic rings. The normalized spacial score (nSPS) is 30.2. The van der Waals surface area contributed by atoms with Gasteiger partial charge in [-0.05, 0) is 12.0 Å². The number of fused-ring (bicyclic) bond motifs is 2. The second-order valence-corrected chi connectivity index (χ2v) is 3.51. The second-order valence-electron chi connectivity index (χ2n) is 3.51. The van der Waals surface area contributed by atoms with Crippen molar-refractivity contribution in [2.45, 2.75) is 6.42 Å². The van der Waals surface area contributed by atoms with Crippen molar-refractivity contribution in [2.24, 2.45) is 11.8 Å². The Morgan fingerprint density at radius 2 is 2.31 bits per heavy atom. The van der Waals surface area contributed by atoms with Crippen molar-refractivity contribution in [3.05, 3.63) is 23.3 Å². The molecule has 0 aromatic carbocycles.